The fraction of sp³-hybridized carbons (Fsp3) is 0.500. The standard InChI is InChI=1S/C20H25FN4O.ClH/c1-14-17(13-23-25(14)19-5-3-2-4-18(19)21)20(26)24-10-8-16(9-11-24)22-12-15-6-7-15;/h2-5,13,15-16,22H,6-12H2,1H3;1H. The van der Waals surface area contributed by atoms with Gasteiger partial charge in [0.1, 0.15) is 11.5 Å². The van der Waals surface area contributed by atoms with E-state index in [1.807, 2.05) is 11.8 Å². The number of para-hydroxylation sites is 1. The second-order valence-corrected chi connectivity index (χ2v) is 7.42. The first-order valence-electron chi connectivity index (χ1n) is 9.45. The highest BCUT2D eigenvalue weighted by Gasteiger charge is 2.28. The Morgan fingerprint density at radius 3 is 2.59 bits per heavy atom. The van der Waals surface area contributed by atoms with E-state index in [-0.39, 0.29) is 24.1 Å². The lowest BCUT2D eigenvalue weighted by atomic mass is 10.0. The largest absolute Gasteiger partial charge is 0.338 e. The number of halogens is 2. The first-order chi connectivity index (χ1) is 12.6. The zero-order chi connectivity index (χ0) is 18.1. The van der Waals surface area contributed by atoms with Gasteiger partial charge in [-0.25, -0.2) is 9.07 Å². The van der Waals surface area contributed by atoms with E-state index < -0.39 is 0 Å². The van der Waals surface area contributed by atoms with Crippen molar-refractivity contribution in [1.82, 2.24) is 20.0 Å². The zero-order valence-electron chi connectivity index (χ0n) is 15.5. The van der Waals surface area contributed by atoms with E-state index in [0.29, 0.717) is 23.0 Å². The molecule has 0 bridgehead atoms. The predicted molar refractivity (Wildman–Crippen MR) is 105 cm³/mol. The fourth-order valence-corrected chi connectivity index (χ4v) is 3.60. The van der Waals surface area contributed by atoms with Gasteiger partial charge in [-0.1, -0.05) is 12.1 Å². The summed E-state index contributed by atoms with van der Waals surface area (Å²) in [5.74, 6) is 0.521. The summed E-state index contributed by atoms with van der Waals surface area (Å²) in [6.07, 6.45) is 6.24. The molecule has 1 aromatic carbocycles. The second-order valence-electron chi connectivity index (χ2n) is 7.42. The molecule has 1 saturated heterocycles. The van der Waals surface area contributed by atoms with Gasteiger partial charge in [-0.05, 0) is 57.2 Å². The predicted octanol–water partition coefficient (Wildman–Crippen LogP) is 3.35. The Kier molecular flexibility index (Phi) is 6.17. The van der Waals surface area contributed by atoms with Crippen molar-refractivity contribution in [1.29, 1.82) is 0 Å². The lowest BCUT2D eigenvalue weighted by Gasteiger charge is -2.32. The van der Waals surface area contributed by atoms with E-state index >= 15 is 0 Å². The number of benzene rings is 1. The van der Waals surface area contributed by atoms with Gasteiger partial charge in [0.15, 0.2) is 0 Å². The molecule has 0 radical (unpaired) electrons. The minimum atomic E-state index is -0.347. The molecule has 2 fully saturated rings. The van der Waals surface area contributed by atoms with Gasteiger partial charge in [-0.2, -0.15) is 5.10 Å². The summed E-state index contributed by atoms with van der Waals surface area (Å²) >= 11 is 0. The van der Waals surface area contributed by atoms with Crippen molar-refractivity contribution in [3.05, 3.63) is 47.5 Å². The molecule has 7 heteroatoms. The van der Waals surface area contributed by atoms with Crippen LogP contribution in [0.3, 0.4) is 0 Å². The van der Waals surface area contributed by atoms with Crippen LogP contribution in [-0.4, -0.2) is 46.3 Å². The number of likely N-dealkylation sites (tertiary alicyclic amines) is 1. The number of rotatable bonds is 5. The Bertz CT molecular complexity index is 797. The lowest BCUT2D eigenvalue weighted by Crippen LogP contribution is -2.45. The molecule has 2 aromatic rings. The second kappa shape index (κ2) is 8.40. The minimum absolute atomic E-state index is 0. The van der Waals surface area contributed by atoms with Crippen molar-refractivity contribution in [2.24, 2.45) is 5.92 Å². The summed E-state index contributed by atoms with van der Waals surface area (Å²) in [7, 11) is 0. The number of piperidine rings is 1. The van der Waals surface area contributed by atoms with Gasteiger partial charge < -0.3 is 10.2 Å². The zero-order valence-corrected chi connectivity index (χ0v) is 16.3. The number of nitrogens with one attached hydrogen (secondary N) is 1. The monoisotopic (exact) mass is 392 g/mol. The molecule has 1 saturated carbocycles. The summed E-state index contributed by atoms with van der Waals surface area (Å²) in [5, 5.41) is 7.88. The van der Waals surface area contributed by atoms with Gasteiger partial charge in [0.25, 0.3) is 5.91 Å². The van der Waals surface area contributed by atoms with Gasteiger partial charge in [-0.3, -0.25) is 4.79 Å². The molecule has 2 heterocycles. The van der Waals surface area contributed by atoms with Crippen LogP contribution in [0.5, 0.6) is 0 Å². The number of hydrogen-bond acceptors (Lipinski definition) is 3. The smallest absolute Gasteiger partial charge is 0.257 e. The van der Waals surface area contributed by atoms with Gasteiger partial charge in [-0.15, -0.1) is 12.4 Å². The molecular formula is C20H26ClFN4O. The molecule has 1 aromatic heterocycles. The number of amides is 1. The number of hydrogen-bond donors (Lipinski definition) is 1. The normalized spacial score (nSPS) is 17.6. The highest BCUT2D eigenvalue weighted by molar-refractivity contribution is 5.95. The maximum Gasteiger partial charge on any atom is 0.257 e. The van der Waals surface area contributed by atoms with Crippen molar-refractivity contribution in [3.63, 3.8) is 0 Å². The summed E-state index contributed by atoms with van der Waals surface area (Å²) in [5.41, 5.74) is 1.60. The van der Waals surface area contributed by atoms with Crippen molar-refractivity contribution in [3.8, 4) is 5.69 Å². The quantitative estimate of drug-likeness (QED) is 0.848. The third-order valence-corrected chi connectivity index (χ3v) is 5.50. The fourth-order valence-electron chi connectivity index (χ4n) is 3.60. The topological polar surface area (TPSA) is 50.2 Å². The van der Waals surface area contributed by atoms with E-state index in [1.54, 1.807) is 24.4 Å². The van der Waals surface area contributed by atoms with E-state index in [0.717, 1.165) is 38.4 Å². The number of carbonyl (C=O) groups is 1. The van der Waals surface area contributed by atoms with Gasteiger partial charge >= 0.3 is 0 Å². The molecular weight excluding hydrogens is 367 g/mol. The average Bonchev–Trinajstić information content (AvgIpc) is 3.42. The maximum atomic E-state index is 14.0. The minimum Gasteiger partial charge on any atom is -0.338 e. The molecule has 146 valence electrons. The Morgan fingerprint density at radius 1 is 1.22 bits per heavy atom. The van der Waals surface area contributed by atoms with Crippen LogP contribution < -0.4 is 5.32 Å². The molecule has 5 nitrogen and oxygen atoms in total. The van der Waals surface area contributed by atoms with E-state index in [4.69, 9.17) is 0 Å². The Hall–Kier alpha value is -1.92. The maximum absolute atomic E-state index is 14.0. The van der Waals surface area contributed by atoms with E-state index in [1.165, 1.54) is 23.6 Å². The highest BCUT2D eigenvalue weighted by Crippen LogP contribution is 2.28. The molecule has 2 aliphatic rings. The van der Waals surface area contributed by atoms with Crippen LogP contribution in [0.15, 0.2) is 30.5 Å². The van der Waals surface area contributed by atoms with Crippen molar-refractivity contribution >= 4 is 18.3 Å². The average molecular weight is 393 g/mol. The third-order valence-electron chi connectivity index (χ3n) is 5.50. The third kappa shape index (κ3) is 4.33. The highest BCUT2D eigenvalue weighted by atomic mass is 35.5. The molecule has 1 aliphatic heterocycles. The summed E-state index contributed by atoms with van der Waals surface area (Å²) in [4.78, 5) is 14.8. The lowest BCUT2D eigenvalue weighted by molar-refractivity contribution is 0.0704. The van der Waals surface area contributed by atoms with Gasteiger partial charge in [0, 0.05) is 19.1 Å². The number of aromatic nitrogens is 2. The van der Waals surface area contributed by atoms with Crippen molar-refractivity contribution < 1.29 is 9.18 Å². The first-order valence-corrected chi connectivity index (χ1v) is 9.45. The SMILES string of the molecule is Cc1c(C(=O)N2CCC(NCC3CC3)CC2)cnn1-c1ccccc1F.Cl. The molecule has 1 aliphatic carbocycles. The van der Waals surface area contributed by atoms with Crippen LogP contribution in [0.2, 0.25) is 0 Å². The molecule has 0 atom stereocenters. The van der Waals surface area contributed by atoms with Crippen molar-refractivity contribution in [2.45, 2.75) is 38.6 Å². The van der Waals surface area contributed by atoms with Crippen LogP contribution >= 0.6 is 12.4 Å². The Labute approximate surface area is 165 Å². The Morgan fingerprint density at radius 2 is 1.93 bits per heavy atom. The van der Waals surface area contributed by atoms with Crippen LogP contribution in [0, 0.1) is 18.7 Å². The van der Waals surface area contributed by atoms with Crippen LogP contribution in [0.1, 0.15) is 41.7 Å². The molecule has 1 amide bonds. The first kappa shape index (κ1) is 19.8. The molecule has 4 rings (SSSR count). The van der Waals surface area contributed by atoms with Crippen LogP contribution in [0.25, 0.3) is 5.69 Å². The van der Waals surface area contributed by atoms with Crippen molar-refractivity contribution in [2.75, 3.05) is 19.6 Å². The number of carbonyl (C=O) groups excluding carboxylic acids is 1. The summed E-state index contributed by atoms with van der Waals surface area (Å²) in [6.45, 7) is 4.45. The van der Waals surface area contributed by atoms with Crippen LogP contribution in [-0.2, 0) is 0 Å². The number of nitrogens with zero attached hydrogens (tertiary/aromatic N) is 3. The van der Waals surface area contributed by atoms with E-state index in [2.05, 4.69) is 10.4 Å². The molecule has 0 spiro atoms. The summed E-state index contributed by atoms with van der Waals surface area (Å²) in [6, 6.07) is 6.99. The molecule has 0 unspecified atom stereocenters. The molecule has 1 N–H and O–H groups in total. The Balaban J connectivity index is 0.00000210. The molecule has 27 heavy (non-hydrogen) atoms. The van der Waals surface area contributed by atoms with Gasteiger partial charge in [0.05, 0.1) is 17.5 Å². The van der Waals surface area contributed by atoms with Crippen LogP contribution in [0.4, 0.5) is 4.39 Å². The van der Waals surface area contributed by atoms with E-state index in [9.17, 15) is 9.18 Å². The summed E-state index contributed by atoms with van der Waals surface area (Å²) < 4.78 is 15.5. The van der Waals surface area contributed by atoms with Gasteiger partial charge in [0.2, 0.25) is 0 Å².